The minimum absolute atomic E-state index is 0.00838. The Morgan fingerprint density at radius 2 is 1.84 bits per heavy atom. The van der Waals surface area contributed by atoms with Gasteiger partial charge in [0.25, 0.3) is 11.5 Å². The number of benzene rings is 1. The molecule has 1 atom stereocenters. The SMILES string of the molecule is CCC(CNC(=O)c1c(C)cc(C)[nH]c1=O)(C(=O)O)c1ccccc1. The third-order valence-corrected chi connectivity index (χ3v) is 4.48. The molecule has 0 aliphatic carbocycles. The lowest BCUT2D eigenvalue weighted by atomic mass is 9.78. The third-order valence-electron chi connectivity index (χ3n) is 4.48. The molecule has 0 spiro atoms. The number of carboxylic acid groups (broad SMARTS) is 1. The van der Waals surface area contributed by atoms with Crippen molar-refractivity contribution in [1.29, 1.82) is 0 Å². The van der Waals surface area contributed by atoms with Gasteiger partial charge in [-0.25, -0.2) is 0 Å². The number of hydrogen-bond acceptors (Lipinski definition) is 3. The number of aryl methyl sites for hydroxylation is 2. The second-order valence-electron chi connectivity index (χ2n) is 6.13. The number of carbonyl (C=O) groups excluding carboxylic acids is 1. The van der Waals surface area contributed by atoms with Crippen molar-refractivity contribution in [1.82, 2.24) is 10.3 Å². The van der Waals surface area contributed by atoms with Crippen molar-refractivity contribution in [3.63, 3.8) is 0 Å². The first-order valence-electron chi connectivity index (χ1n) is 8.09. The lowest BCUT2D eigenvalue weighted by molar-refractivity contribution is -0.143. The van der Waals surface area contributed by atoms with Gasteiger partial charge in [0.15, 0.2) is 0 Å². The number of carbonyl (C=O) groups is 2. The molecule has 0 aliphatic rings. The normalized spacial score (nSPS) is 13.1. The van der Waals surface area contributed by atoms with E-state index in [4.69, 9.17) is 0 Å². The van der Waals surface area contributed by atoms with E-state index in [-0.39, 0.29) is 12.1 Å². The molecule has 2 aromatic rings. The summed E-state index contributed by atoms with van der Waals surface area (Å²) >= 11 is 0. The van der Waals surface area contributed by atoms with Crippen LogP contribution in [0, 0.1) is 13.8 Å². The highest BCUT2D eigenvalue weighted by atomic mass is 16.4. The maximum absolute atomic E-state index is 12.5. The molecule has 132 valence electrons. The molecule has 1 heterocycles. The van der Waals surface area contributed by atoms with E-state index in [1.165, 1.54) is 0 Å². The first kappa shape index (κ1) is 18.4. The summed E-state index contributed by atoms with van der Waals surface area (Å²) in [4.78, 5) is 39.1. The summed E-state index contributed by atoms with van der Waals surface area (Å²) in [6.45, 7) is 5.07. The van der Waals surface area contributed by atoms with Crippen LogP contribution in [0.3, 0.4) is 0 Å². The van der Waals surface area contributed by atoms with Gasteiger partial charge in [-0.2, -0.15) is 0 Å². The molecule has 6 nitrogen and oxygen atoms in total. The lowest BCUT2D eigenvalue weighted by Gasteiger charge is -2.29. The molecule has 0 saturated heterocycles. The number of aromatic nitrogens is 1. The Morgan fingerprint density at radius 3 is 2.36 bits per heavy atom. The second kappa shape index (κ2) is 7.34. The molecular weight excluding hydrogens is 320 g/mol. The van der Waals surface area contributed by atoms with Crippen LogP contribution >= 0.6 is 0 Å². The van der Waals surface area contributed by atoms with Gasteiger partial charge < -0.3 is 15.4 Å². The number of H-pyrrole nitrogens is 1. The molecule has 2 rings (SSSR count). The Labute approximate surface area is 145 Å². The average Bonchev–Trinajstić information content (AvgIpc) is 2.55. The van der Waals surface area contributed by atoms with Gasteiger partial charge in [0.1, 0.15) is 11.0 Å². The molecule has 3 N–H and O–H groups in total. The van der Waals surface area contributed by atoms with E-state index >= 15 is 0 Å². The first-order chi connectivity index (χ1) is 11.8. The van der Waals surface area contributed by atoms with Gasteiger partial charge in [-0.15, -0.1) is 0 Å². The largest absolute Gasteiger partial charge is 0.481 e. The number of pyridine rings is 1. The number of nitrogens with one attached hydrogen (secondary N) is 2. The van der Waals surface area contributed by atoms with Crippen LogP contribution in [0.25, 0.3) is 0 Å². The van der Waals surface area contributed by atoms with Gasteiger partial charge in [-0.3, -0.25) is 14.4 Å². The summed E-state index contributed by atoms with van der Waals surface area (Å²) in [5.41, 5.74) is 0.108. The van der Waals surface area contributed by atoms with Gasteiger partial charge in [-0.05, 0) is 37.5 Å². The predicted octanol–water partition coefficient (Wildman–Crippen LogP) is 2.15. The molecule has 0 bridgehead atoms. The second-order valence-corrected chi connectivity index (χ2v) is 6.13. The van der Waals surface area contributed by atoms with E-state index in [2.05, 4.69) is 10.3 Å². The average molecular weight is 342 g/mol. The van der Waals surface area contributed by atoms with Crippen molar-refractivity contribution in [2.75, 3.05) is 6.54 Å². The van der Waals surface area contributed by atoms with E-state index in [9.17, 15) is 19.5 Å². The Morgan fingerprint density at radius 1 is 1.20 bits per heavy atom. The zero-order valence-electron chi connectivity index (χ0n) is 14.6. The number of aliphatic carboxylic acids is 1. The van der Waals surface area contributed by atoms with Gasteiger partial charge in [0, 0.05) is 12.2 Å². The molecule has 1 aromatic carbocycles. The summed E-state index contributed by atoms with van der Waals surface area (Å²) in [6.07, 6.45) is 0.301. The van der Waals surface area contributed by atoms with Crippen LogP contribution < -0.4 is 10.9 Å². The maximum Gasteiger partial charge on any atom is 0.315 e. The summed E-state index contributed by atoms with van der Waals surface area (Å²) in [6, 6.07) is 10.5. The summed E-state index contributed by atoms with van der Waals surface area (Å²) in [5.74, 6) is -1.59. The highest BCUT2D eigenvalue weighted by Crippen LogP contribution is 2.28. The summed E-state index contributed by atoms with van der Waals surface area (Å²) in [7, 11) is 0. The zero-order valence-corrected chi connectivity index (χ0v) is 14.6. The van der Waals surface area contributed by atoms with Crippen molar-refractivity contribution < 1.29 is 14.7 Å². The highest BCUT2D eigenvalue weighted by molar-refractivity contribution is 5.96. The number of carboxylic acids is 1. The first-order valence-corrected chi connectivity index (χ1v) is 8.09. The van der Waals surface area contributed by atoms with Gasteiger partial charge in [-0.1, -0.05) is 37.3 Å². The van der Waals surface area contributed by atoms with Gasteiger partial charge in [0.05, 0.1) is 0 Å². The van der Waals surface area contributed by atoms with E-state index in [1.54, 1.807) is 57.2 Å². The van der Waals surface area contributed by atoms with Gasteiger partial charge >= 0.3 is 5.97 Å². The quantitative estimate of drug-likeness (QED) is 0.749. The lowest BCUT2D eigenvalue weighted by Crippen LogP contribution is -2.47. The van der Waals surface area contributed by atoms with Crippen LogP contribution in [0.4, 0.5) is 0 Å². The molecule has 1 amide bonds. The smallest absolute Gasteiger partial charge is 0.315 e. The fourth-order valence-corrected chi connectivity index (χ4v) is 2.99. The molecular formula is C19H22N2O4. The molecule has 0 aliphatic heterocycles. The number of hydrogen-bond donors (Lipinski definition) is 3. The van der Waals surface area contributed by atoms with Crippen LogP contribution in [-0.4, -0.2) is 28.5 Å². The molecule has 0 saturated carbocycles. The minimum atomic E-state index is -1.25. The van der Waals surface area contributed by atoms with Crippen LogP contribution in [-0.2, 0) is 10.2 Å². The summed E-state index contributed by atoms with van der Waals surface area (Å²) in [5, 5.41) is 12.4. The van der Waals surface area contributed by atoms with Crippen molar-refractivity contribution in [3.05, 3.63) is 69.1 Å². The van der Waals surface area contributed by atoms with Crippen LogP contribution in [0.15, 0.2) is 41.2 Å². The minimum Gasteiger partial charge on any atom is -0.481 e. The number of rotatable bonds is 6. The fourth-order valence-electron chi connectivity index (χ4n) is 2.99. The topological polar surface area (TPSA) is 99.3 Å². The maximum atomic E-state index is 12.5. The highest BCUT2D eigenvalue weighted by Gasteiger charge is 2.39. The summed E-state index contributed by atoms with van der Waals surface area (Å²) < 4.78 is 0. The Balaban J connectivity index is 2.32. The van der Waals surface area contributed by atoms with Gasteiger partial charge in [0.2, 0.25) is 0 Å². The number of aromatic amines is 1. The molecule has 6 heteroatoms. The number of amides is 1. The molecule has 1 aromatic heterocycles. The van der Waals surface area contributed by atoms with Crippen molar-refractivity contribution in [3.8, 4) is 0 Å². The zero-order chi connectivity index (χ0) is 18.6. The molecule has 1 unspecified atom stereocenters. The van der Waals surface area contributed by atoms with E-state index in [0.29, 0.717) is 23.2 Å². The Bertz CT molecular complexity index is 842. The van der Waals surface area contributed by atoms with Crippen molar-refractivity contribution in [2.45, 2.75) is 32.6 Å². The van der Waals surface area contributed by atoms with Crippen LogP contribution in [0.5, 0.6) is 0 Å². The Kier molecular flexibility index (Phi) is 5.41. The molecule has 25 heavy (non-hydrogen) atoms. The van der Waals surface area contributed by atoms with Crippen LogP contribution in [0.2, 0.25) is 0 Å². The van der Waals surface area contributed by atoms with Crippen molar-refractivity contribution >= 4 is 11.9 Å². The fraction of sp³-hybridized carbons (Fsp3) is 0.316. The van der Waals surface area contributed by atoms with E-state index < -0.39 is 22.9 Å². The molecule has 0 fully saturated rings. The third kappa shape index (κ3) is 3.63. The van der Waals surface area contributed by atoms with Crippen molar-refractivity contribution in [2.24, 2.45) is 0 Å². The standard InChI is InChI=1S/C19H22N2O4/c1-4-19(18(24)25,14-8-6-5-7-9-14)11-20-16(22)15-12(2)10-13(3)21-17(15)23/h5-10H,4,11H2,1-3H3,(H,20,22)(H,21,23)(H,24,25). The van der Waals surface area contributed by atoms with E-state index in [1.807, 2.05) is 0 Å². The Hall–Kier alpha value is -2.89. The van der Waals surface area contributed by atoms with E-state index in [0.717, 1.165) is 0 Å². The van der Waals surface area contributed by atoms with Crippen LogP contribution in [0.1, 0.15) is 40.5 Å². The predicted molar refractivity (Wildman–Crippen MR) is 94.9 cm³/mol. The monoisotopic (exact) mass is 342 g/mol. The molecule has 0 radical (unpaired) electrons.